The molecule has 0 aliphatic carbocycles. The summed E-state index contributed by atoms with van der Waals surface area (Å²) in [6.07, 6.45) is 1.72. The Morgan fingerprint density at radius 1 is 1.22 bits per heavy atom. The zero-order valence-electron chi connectivity index (χ0n) is 10.0. The molecule has 3 nitrogen and oxygen atoms in total. The van der Waals surface area contributed by atoms with Gasteiger partial charge < -0.3 is 4.18 Å². The molecule has 0 saturated heterocycles. The number of hydrogen-bond acceptors (Lipinski definition) is 3. The molecule has 5 heteroatoms. The fourth-order valence-electron chi connectivity index (χ4n) is 1.70. The fourth-order valence-corrected chi connectivity index (χ4v) is 1.96. The topological polar surface area (TPSA) is 31.2 Å². The molecule has 0 fully saturated rings. The molecule has 0 aliphatic rings. The number of hydrogen-bond donors (Lipinski definition) is 0. The maximum absolute atomic E-state index is 12.0. The monoisotopic (exact) mass is 265 g/mol. The minimum Gasteiger partial charge on any atom is -0.397 e. The maximum Gasteiger partial charge on any atom is 0.272 e. The highest BCUT2D eigenvalue weighted by Gasteiger charge is 2.05. The van der Waals surface area contributed by atoms with E-state index in [1.165, 1.54) is 4.57 Å². The highest BCUT2D eigenvalue weighted by Crippen LogP contribution is 2.24. The van der Waals surface area contributed by atoms with Gasteiger partial charge in [0, 0.05) is 18.0 Å². The van der Waals surface area contributed by atoms with Crippen LogP contribution in [-0.4, -0.2) is 4.57 Å². The largest absolute Gasteiger partial charge is 0.397 e. The first-order chi connectivity index (χ1) is 8.61. The van der Waals surface area contributed by atoms with E-state index in [9.17, 15) is 8.68 Å². The van der Waals surface area contributed by atoms with Gasteiger partial charge in [0.25, 0.3) is 18.0 Å². The SMILES string of the molecule is Cc1ccn(-c2ccc(OSF)c(C)c2)c(=O)c1. The van der Waals surface area contributed by atoms with Crippen LogP contribution in [0.15, 0.2) is 41.3 Å². The van der Waals surface area contributed by atoms with E-state index in [1.807, 2.05) is 13.0 Å². The van der Waals surface area contributed by atoms with Gasteiger partial charge in [-0.05, 0) is 49.2 Å². The highest BCUT2D eigenvalue weighted by molar-refractivity contribution is 7.89. The molecule has 0 unspecified atom stereocenters. The second-order valence-corrected chi connectivity index (χ2v) is 4.30. The van der Waals surface area contributed by atoms with E-state index in [0.29, 0.717) is 5.75 Å². The number of aromatic nitrogens is 1. The Bertz CT molecular complexity index is 625. The van der Waals surface area contributed by atoms with Crippen molar-refractivity contribution in [2.45, 2.75) is 13.8 Å². The van der Waals surface area contributed by atoms with Crippen LogP contribution in [-0.2, 0) is 0 Å². The van der Waals surface area contributed by atoms with Crippen LogP contribution in [0.2, 0.25) is 0 Å². The van der Waals surface area contributed by atoms with Crippen molar-refractivity contribution in [3.05, 3.63) is 58.0 Å². The van der Waals surface area contributed by atoms with Crippen LogP contribution < -0.4 is 9.74 Å². The number of aryl methyl sites for hydroxylation is 2. The average Bonchev–Trinajstić information content (AvgIpc) is 2.32. The molecule has 0 N–H and O–H groups in total. The van der Waals surface area contributed by atoms with Gasteiger partial charge in [-0.3, -0.25) is 9.36 Å². The molecule has 0 atom stereocenters. The lowest BCUT2D eigenvalue weighted by molar-refractivity contribution is 0.605. The Balaban J connectivity index is 2.45. The summed E-state index contributed by atoms with van der Waals surface area (Å²) in [5.74, 6) is 0.450. The van der Waals surface area contributed by atoms with Crippen molar-refractivity contribution in [3.63, 3.8) is 0 Å². The highest BCUT2D eigenvalue weighted by atomic mass is 32.2. The van der Waals surface area contributed by atoms with Gasteiger partial charge in [0.2, 0.25) is 0 Å². The van der Waals surface area contributed by atoms with Crippen LogP contribution in [0.4, 0.5) is 3.89 Å². The van der Waals surface area contributed by atoms with Crippen LogP contribution in [0.3, 0.4) is 0 Å². The van der Waals surface area contributed by atoms with Crippen molar-refractivity contribution in [1.82, 2.24) is 4.57 Å². The summed E-state index contributed by atoms with van der Waals surface area (Å²) in [7, 11) is 0. The molecule has 0 spiro atoms. The van der Waals surface area contributed by atoms with Gasteiger partial charge in [-0.15, -0.1) is 3.89 Å². The first-order valence-electron chi connectivity index (χ1n) is 5.37. The van der Waals surface area contributed by atoms with E-state index in [0.717, 1.165) is 16.8 Å². The molecule has 0 aliphatic heterocycles. The lowest BCUT2D eigenvalue weighted by Gasteiger charge is -2.09. The molecule has 0 bridgehead atoms. The molecule has 0 radical (unpaired) electrons. The molecule has 1 heterocycles. The molecule has 94 valence electrons. The predicted molar refractivity (Wildman–Crippen MR) is 70.8 cm³/mol. The minimum atomic E-state index is -0.193. The molecular formula is C13H12FNO2S. The normalized spacial score (nSPS) is 10.4. The Kier molecular flexibility index (Phi) is 3.72. The zero-order valence-corrected chi connectivity index (χ0v) is 10.8. The summed E-state index contributed by atoms with van der Waals surface area (Å²) < 4.78 is 18.3. The van der Waals surface area contributed by atoms with E-state index in [2.05, 4.69) is 0 Å². The van der Waals surface area contributed by atoms with Crippen LogP contribution in [0, 0.1) is 13.8 Å². The van der Waals surface area contributed by atoms with E-state index < -0.39 is 0 Å². The Hall–Kier alpha value is -1.75. The van der Waals surface area contributed by atoms with Gasteiger partial charge in [-0.1, -0.05) is 0 Å². The van der Waals surface area contributed by atoms with Crippen molar-refractivity contribution < 1.29 is 8.07 Å². The Morgan fingerprint density at radius 3 is 2.61 bits per heavy atom. The second-order valence-electron chi connectivity index (χ2n) is 4.01. The number of benzene rings is 1. The van der Waals surface area contributed by atoms with Gasteiger partial charge in [0.15, 0.2) is 0 Å². The summed E-state index contributed by atoms with van der Waals surface area (Å²) >= 11 is -0.193. The first-order valence-corrected chi connectivity index (χ1v) is 6.01. The Morgan fingerprint density at radius 2 is 2.00 bits per heavy atom. The Labute approximate surface area is 109 Å². The van der Waals surface area contributed by atoms with E-state index in [1.54, 1.807) is 37.4 Å². The van der Waals surface area contributed by atoms with Crippen LogP contribution in [0.25, 0.3) is 5.69 Å². The van der Waals surface area contributed by atoms with Crippen LogP contribution in [0.5, 0.6) is 5.75 Å². The molecule has 0 amide bonds. The van der Waals surface area contributed by atoms with Gasteiger partial charge in [-0.25, -0.2) is 0 Å². The second kappa shape index (κ2) is 5.27. The van der Waals surface area contributed by atoms with Crippen molar-refractivity contribution in [2.75, 3.05) is 0 Å². The molecule has 18 heavy (non-hydrogen) atoms. The lowest BCUT2D eigenvalue weighted by atomic mass is 10.2. The van der Waals surface area contributed by atoms with Gasteiger partial charge in [0.1, 0.15) is 5.75 Å². The smallest absolute Gasteiger partial charge is 0.272 e. The summed E-state index contributed by atoms with van der Waals surface area (Å²) in [6.45, 7) is 3.67. The summed E-state index contributed by atoms with van der Waals surface area (Å²) in [5.41, 5.74) is 2.32. The number of nitrogens with zero attached hydrogens (tertiary/aromatic N) is 1. The third-order valence-electron chi connectivity index (χ3n) is 2.63. The van der Waals surface area contributed by atoms with E-state index in [4.69, 9.17) is 4.18 Å². The third-order valence-corrected chi connectivity index (χ3v) is 2.88. The molecule has 2 rings (SSSR count). The van der Waals surface area contributed by atoms with Crippen LogP contribution in [0.1, 0.15) is 11.1 Å². The van der Waals surface area contributed by atoms with Gasteiger partial charge >= 0.3 is 0 Å². The van der Waals surface area contributed by atoms with Gasteiger partial charge in [0.05, 0.1) is 0 Å². The van der Waals surface area contributed by atoms with E-state index in [-0.39, 0.29) is 18.0 Å². The summed E-state index contributed by atoms with van der Waals surface area (Å²) in [6, 6.07) is 8.57. The molecule has 1 aromatic heterocycles. The van der Waals surface area contributed by atoms with Gasteiger partial charge in [-0.2, -0.15) is 0 Å². The number of rotatable bonds is 3. The lowest BCUT2D eigenvalue weighted by Crippen LogP contribution is -2.16. The molecule has 0 saturated carbocycles. The number of pyridine rings is 1. The third kappa shape index (κ3) is 2.56. The van der Waals surface area contributed by atoms with Crippen molar-refractivity contribution >= 4 is 12.4 Å². The predicted octanol–water partition coefficient (Wildman–Crippen LogP) is 3.37. The zero-order chi connectivity index (χ0) is 13.1. The summed E-state index contributed by atoms with van der Waals surface area (Å²) in [5, 5.41) is 0. The maximum atomic E-state index is 12.0. The fraction of sp³-hybridized carbons (Fsp3) is 0.154. The van der Waals surface area contributed by atoms with Crippen LogP contribution >= 0.6 is 12.4 Å². The van der Waals surface area contributed by atoms with Crippen molar-refractivity contribution in [2.24, 2.45) is 0 Å². The molecule has 1 aromatic carbocycles. The first kappa shape index (κ1) is 12.7. The molecular weight excluding hydrogens is 253 g/mol. The summed E-state index contributed by atoms with van der Waals surface area (Å²) in [4.78, 5) is 11.8. The molecule has 2 aromatic rings. The minimum absolute atomic E-state index is 0.0945. The van der Waals surface area contributed by atoms with E-state index >= 15 is 0 Å². The standard InChI is InChI=1S/C13H12FNO2S/c1-9-5-6-15(13(16)7-9)11-3-4-12(17-18-14)10(2)8-11/h3-8H,1-2H3. The van der Waals surface area contributed by atoms with Crippen molar-refractivity contribution in [1.29, 1.82) is 0 Å². The average molecular weight is 265 g/mol. The quantitative estimate of drug-likeness (QED) is 0.797. The van der Waals surface area contributed by atoms with Crippen molar-refractivity contribution in [3.8, 4) is 11.4 Å². The number of halogens is 1.